The number of aromatic nitrogens is 3. The average molecular weight is 304 g/mol. The van der Waals surface area contributed by atoms with Crippen LogP contribution in [0.15, 0.2) is 18.2 Å². The van der Waals surface area contributed by atoms with Crippen molar-refractivity contribution in [3.05, 3.63) is 23.8 Å². The molecule has 0 saturated heterocycles. The summed E-state index contributed by atoms with van der Waals surface area (Å²) in [6.07, 6.45) is 0.823. The number of aryl methyl sites for hydroxylation is 1. The molecule has 1 heterocycles. The van der Waals surface area contributed by atoms with Crippen molar-refractivity contribution < 1.29 is 14.3 Å². The van der Waals surface area contributed by atoms with Crippen LogP contribution in [0.1, 0.15) is 37.6 Å². The standard InChI is InChI=1S/C15H20N4O3/c1-4-10(3)16-14(20)9-22-15(21)11-6-7-13-12(8-11)17-18-19(13)5-2/h6-8,10H,4-5,9H2,1-3H3,(H,16,20). The van der Waals surface area contributed by atoms with E-state index in [0.29, 0.717) is 17.6 Å². The van der Waals surface area contributed by atoms with Gasteiger partial charge in [-0.2, -0.15) is 0 Å². The summed E-state index contributed by atoms with van der Waals surface area (Å²) in [5, 5.41) is 10.7. The fourth-order valence-corrected chi connectivity index (χ4v) is 1.97. The molecule has 22 heavy (non-hydrogen) atoms. The second kappa shape index (κ2) is 7.02. The average Bonchev–Trinajstić information content (AvgIpc) is 2.94. The summed E-state index contributed by atoms with van der Waals surface area (Å²) in [5.41, 5.74) is 1.83. The third kappa shape index (κ3) is 3.60. The minimum atomic E-state index is -0.549. The Morgan fingerprint density at radius 3 is 2.82 bits per heavy atom. The molecule has 2 aromatic rings. The second-order valence-electron chi connectivity index (χ2n) is 5.06. The Bertz CT molecular complexity index is 680. The number of rotatable bonds is 6. The maximum Gasteiger partial charge on any atom is 0.338 e. The first-order valence-corrected chi connectivity index (χ1v) is 7.34. The van der Waals surface area contributed by atoms with E-state index in [4.69, 9.17) is 4.74 Å². The molecule has 1 unspecified atom stereocenters. The number of nitrogens with one attached hydrogen (secondary N) is 1. The van der Waals surface area contributed by atoms with Crippen LogP contribution in [0.5, 0.6) is 0 Å². The number of hydrogen-bond donors (Lipinski definition) is 1. The molecule has 0 spiro atoms. The van der Waals surface area contributed by atoms with Gasteiger partial charge in [-0.1, -0.05) is 12.1 Å². The van der Waals surface area contributed by atoms with Crippen LogP contribution in [-0.4, -0.2) is 39.5 Å². The third-order valence-electron chi connectivity index (χ3n) is 3.40. The highest BCUT2D eigenvalue weighted by atomic mass is 16.5. The summed E-state index contributed by atoms with van der Waals surface area (Å²) < 4.78 is 6.75. The summed E-state index contributed by atoms with van der Waals surface area (Å²) in [6.45, 7) is 6.24. The van der Waals surface area contributed by atoms with Gasteiger partial charge in [0.25, 0.3) is 5.91 Å². The predicted molar refractivity (Wildman–Crippen MR) is 81.4 cm³/mol. The molecule has 2 rings (SSSR count). The lowest BCUT2D eigenvalue weighted by molar-refractivity contribution is -0.124. The van der Waals surface area contributed by atoms with E-state index in [9.17, 15) is 9.59 Å². The molecule has 7 nitrogen and oxygen atoms in total. The van der Waals surface area contributed by atoms with Crippen molar-refractivity contribution >= 4 is 22.9 Å². The number of esters is 1. The van der Waals surface area contributed by atoms with Crippen molar-refractivity contribution in [2.24, 2.45) is 0 Å². The number of carbonyl (C=O) groups is 2. The van der Waals surface area contributed by atoms with Crippen molar-refractivity contribution in [1.29, 1.82) is 0 Å². The van der Waals surface area contributed by atoms with Gasteiger partial charge in [-0.3, -0.25) is 4.79 Å². The molecular formula is C15H20N4O3. The second-order valence-corrected chi connectivity index (χ2v) is 5.06. The predicted octanol–water partition coefficient (Wildman–Crippen LogP) is 1.52. The van der Waals surface area contributed by atoms with E-state index < -0.39 is 5.97 Å². The molecule has 1 atom stereocenters. The number of carbonyl (C=O) groups excluding carboxylic acids is 2. The Labute approximate surface area is 128 Å². The Hall–Kier alpha value is -2.44. The van der Waals surface area contributed by atoms with Crippen LogP contribution in [0, 0.1) is 0 Å². The number of hydrogen-bond acceptors (Lipinski definition) is 5. The molecule has 0 fully saturated rings. The number of fused-ring (bicyclic) bond motifs is 1. The van der Waals surface area contributed by atoms with Gasteiger partial charge in [0.1, 0.15) is 5.52 Å². The lowest BCUT2D eigenvalue weighted by Crippen LogP contribution is -2.35. The summed E-state index contributed by atoms with van der Waals surface area (Å²) in [4.78, 5) is 23.6. The van der Waals surface area contributed by atoms with Crippen LogP contribution in [0.3, 0.4) is 0 Å². The van der Waals surface area contributed by atoms with Crippen molar-refractivity contribution in [2.75, 3.05) is 6.61 Å². The monoisotopic (exact) mass is 304 g/mol. The van der Waals surface area contributed by atoms with Gasteiger partial charge in [0.2, 0.25) is 0 Å². The highest BCUT2D eigenvalue weighted by Crippen LogP contribution is 2.14. The molecule has 1 amide bonds. The van der Waals surface area contributed by atoms with Crippen LogP contribution >= 0.6 is 0 Å². The van der Waals surface area contributed by atoms with Gasteiger partial charge in [0.05, 0.1) is 11.1 Å². The van der Waals surface area contributed by atoms with E-state index in [1.807, 2.05) is 20.8 Å². The molecule has 7 heteroatoms. The van der Waals surface area contributed by atoms with E-state index >= 15 is 0 Å². The summed E-state index contributed by atoms with van der Waals surface area (Å²) in [5.74, 6) is -0.854. The molecule has 0 aliphatic carbocycles. The SMILES string of the molecule is CCC(C)NC(=O)COC(=O)c1ccc2c(c1)nnn2CC. The molecule has 1 aromatic carbocycles. The van der Waals surface area contributed by atoms with Gasteiger partial charge >= 0.3 is 5.97 Å². The normalized spacial score (nSPS) is 12.1. The first-order valence-electron chi connectivity index (χ1n) is 7.34. The summed E-state index contributed by atoms with van der Waals surface area (Å²) in [7, 11) is 0. The minimum absolute atomic E-state index is 0.0617. The smallest absolute Gasteiger partial charge is 0.338 e. The molecule has 0 aliphatic rings. The number of benzene rings is 1. The Balaban J connectivity index is 1.99. The fraction of sp³-hybridized carbons (Fsp3) is 0.467. The molecule has 118 valence electrons. The van der Waals surface area contributed by atoms with Gasteiger partial charge in [-0.25, -0.2) is 9.48 Å². The maximum atomic E-state index is 12.0. The fourth-order valence-electron chi connectivity index (χ4n) is 1.97. The van der Waals surface area contributed by atoms with Crippen molar-refractivity contribution in [1.82, 2.24) is 20.3 Å². The zero-order valence-electron chi connectivity index (χ0n) is 13.0. The van der Waals surface area contributed by atoms with Crippen LogP contribution in [-0.2, 0) is 16.1 Å². The van der Waals surface area contributed by atoms with Crippen molar-refractivity contribution in [3.63, 3.8) is 0 Å². The van der Waals surface area contributed by atoms with Crippen molar-refractivity contribution in [2.45, 2.75) is 39.8 Å². The third-order valence-corrected chi connectivity index (χ3v) is 3.40. The first kappa shape index (κ1) is 15.9. The van der Waals surface area contributed by atoms with Crippen LogP contribution < -0.4 is 5.32 Å². The number of amides is 1. The van der Waals surface area contributed by atoms with Gasteiger partial charge in [0, 0.05) is 12.6 Å². The van der Waals surface area contributed by atoms with Crippen molar-refractivity contribution in [3.8, 4) is 0 Å². The number of nitrogens with zero attached hydrogens (tertiary/aromatic N) is 3. The molecule has 1 N–H and O–H groups in total. The number of ether oxygens (including phenoxy) is 1. The van der Waals surface area contributed by atoms with E-state index in [1.165, 1.54) is 0 Å². The molecule has 1 aromatic heterocycles. The van der Waals surface area contributed by atoms with Gasteiger partial charge < -0.3 is 10.1 Å². The Kier molecular flexibility index (Phi) is 5.08. The highest BCUT2D eigenvalue weighted by Gasteiger charge is 2.13. The zero-order valence-corrected chi connectivity index (χ0v) is 13.0. The molecular weight excluding hydrogens is 284 g/mol. The van der Waals surface area contributed by atoms with Gasteiger partial charge in [-0.15, -0.1) is 5.10 Å². The maximum absolute atomic E-state index is 12.0. The van der Waals surface area contributed by atoms with Gasteiger partial charge in [0.15, 0.2) is 6.61 Å². The Morgan fingerprint density at radius 2 is 2.14 bits per heavy atom. The van der Waals surface area contributed by atoms with E-state index in [-0.39, 0.29) is 18.6 Å². The van der Waals surface area contributed by atoms with Crippen LogP contribution in [0.4, 0.5) is 0 Å². The molecule has 0 aliphatic heterocycles. The summed E-state index contributed by atoms with van der Waals surface area (Å²) in [6, 6.07) is 5.09. The van der Waals surface area contributed by atoms with E-state index in [2.05, 4.69) is 15.6 Å². The van der Waals surface area contributed by atoms with E-state index in [1.54, 1.807) is 22.9 Å². The molecule has 0 bridgehead atoms. The largest absolute Gasteiger partial charge is 0.452 e. The molecule has 0 saturated carbocycles. The summed E-state index contributed by atoms with van der Waals surface area (Å²) >= 11 is 0. The lowest BCUT2D eigenvalue weighted by atomic mass is 10.2. The minimum Gasteiger partial charge on any atom is -0.452 e. The van der Waals surface area contributed by atoms with Crippen LogP contribution in [0.2, 0.25) is 0 Å². The van der Waals surface area contributed by atoms with Crippen LogP contribution in [0.25, 0.3) is 11.0 Å². The first-order chi connectivity index (χ1) is 10.5. The van der Waals surface area contributed by atoms with Gasteiger partial charge in [-0.05, 0) is 38.5 Å². The quantitative estimate of drug-likeness (QED) is 0.818. The lowest BCUT2D eigenvalue weighted by Gasteiger charge is -2.11. The Morgan fingerprint density at radius 1 is 1.36 bits per heavy atom. The molecule has 0 radical (unpaired) electrons. The highest BCUT2D eigenvalue weighted by molar-refractivity contribution is 5.94. The zero-order chi connectivity index (χ0) is 16.1. The van der Waals surface area contributed by atoms with E-state index in [0.717, 1.165) is 11.9 Å². The topological polar surface area (TPSA) is 86.1 Å².